The standard InChI is InChI=1S/C15H23ClN4.HI/c1-3-8-18-15(17-2)20-11-9-19(10-12-20)14-7-5-4-6-13(14)16;/h4-7H,3,8-12H2,1-2H3,(H,17,18);1H. The molecule has 0 saturated carbocycles. The summed E-state index contributed by atoms with van der Waals surface area (Å²) in [7, 11) is 1.85. The van der Waals surface area contributed by atoms with E-state index < -0.39 is 0 Å². The molecule has 6 heteroatoms. The van der Waals surface area contributed by atoms with Gasteiger partial charge in [0, 0.05) is 39.8 Å². The molecule has 0 unspecified atom stereocenters. The molecule has 0 bridgehead atoms. The second-order valence-corrected chi connectivity index (χ2v) is 5.31. The van der Waals surface area contributed by atoms with Crippen LogP contribution in [-0.4, -0.2) is 50.6 Å². The number of aliphatic imine (C=N–C) groups is 1. The zero-order valence-electron chi connectivity index (χ0n) is 12.7. The fraction of sp³-hybridized carbons (Fsp3) is 0.533. The molecule has 0 radical (unpaired) electrons. The Balaban J connectivity index is 0.00000220. The molecule has 1 aliphatic rings. The van der Waals surface area contributed by atoms with E-state index >= 15 is 0 Å². The molecule has 4 nitrogen and oxygen atoms in total. The van der Waals surface area contributed by atoms with Gasteiger partial charge in [-0.05, 0) is 18.6 Å². The molecule has 1 heterocycles. The van der Waals surface area contributed by atoms with Crippen molar-refractivity contribution < 1.29 is 0 Å². The minimum Gasteiger partial charge on any atom is -0.367 e. The van der Waals surface area contributed by atoms with E-state index in [1.54, 1.807) is 0 Å². The van der Waals surface area contributed by atoms with Crippen LogP contribution in [0.4, 0.5) is 5.69 Å². The molecule has 0 aliphatic carbocycles. The highest BCUT2D eigenvalue weighted by molar-refractivity contribution is 14.0. The number of nitrogens with one attached hydrogen (secondary N) is 1. The topological polar surface area (TPSA) is 30.9 Å². The van der Waals surface area contributed by atoms with Crippen LogP contribution in [0.5, 0.6) is 0 Å². The zero-order chi connectivity index (χ0) is 14.4. The van der Waals surface area contributed by atoms with Crippen molar-refractivity contribution in [3.05, 3.63) is 29.3 Å². The molecule has 1 fully saturated rings. The van der Waals surface area contributed by atoms with Gasteiger partial charge in [-0.25, -0.2) is 0 Å². The van der Waals surface area contributed by atoms with Crippen LogP contribution in [0.25, 0.3) is 0 Å². The lowest BCUT2D eigenvalue weighted by Crippen LogP contribution is -2.52. The molecular formula is C15H24ClIN4. The molecule has 1 aromatic carbocycles. The monoisotopic (exact) mass is 422 g/mol. The van der Waals surface area contributed by atoms with Gasteiger partial charge in [-0.3, -0.25) is 4.99 Å². The van der Waals surface area contributed by atoms with Gasteiger partial charge in [0.25, 0.3) is 0 Å². The summed E-state index contributed by atoms with van der Waals surface area (Å²) in [4.78, 5) is 9.00. The van der Waals surface area contributed by atoms with Crippen molar-refractivity contribution in [1.29, 1.82) is 0 Å². The molecule has 1 aliphatic heterocycles. The maximum atomic E-state index is 6.26. The molecule has 1 aromatic rings. The summed E-state index contributed by atoms with van der Waals surface area (Å²) in [6.07, 6.45) is 1.11. The van der Waals surface area contributed by atoms with Crippen molar-refractivity contribution in [2.45, 2.75) is 13.3 Å². The Morgan fingerprint density at radius 1 is 1.24 bits per heavy atom. The second-order valence-electron chi connectivity index (χ2n) is 4.90. The van der Waals surface area contributed by atoms with Gasteiger partial charge in [-0.1, -0.05) is 30.7 Å². The van der Waals surface area contributed by atoms with Crippen LogP contribution in [0, 0.1) is 0 Å². The minimum absolute atomic E-state index is 0. The Kier molecular flexibility index (Phi) is 8.18. The smallest absolute Gasteiger partial charge is 0.193 e. The first kappa shape index (κ1) is 18.4. The van der Waals surface area contributed by atoms with Crippen LogP contribution < -0.4 is 10.2 Å². The lowest BCUT2D eigenvalue weighted by Gasteiger charge is -2.38. The largest absolute Gasteiger partial charge is 0.367 e. The van der Waals surface area contributed by atoms with E-state index in [-0.39, 0.29) is 24.0 Å². The van der Waals surface area contributed by atoms with E-state index in [1.807, 2.05) is 25.2 Å². The van der Waals surface area contributed by atoms with Crippen molar-refractivity contribution in [2.75, 3.05) is 44.7 Å². The molecule has 21 heavy (non-hydrogen) atoms. The third-order valence-electron chi connectivity index (χ3n) is 3.52. The maximum Gasteiger partial charge on any atom is 0.193 e. The van der Waals surface area contributed by atoms with E-state index in [0.29, 0.717) is 0 Å². The summed E-state index contributed by atoms with van der Waals surface area (Å²) in [6, 6.07) is 8.04. The number of guanidine groups is 1. The number of anilines is 1. The number of para-hydroxylation sites is 1. The quantitative estimate of drug-likeness (QED) is 0.461. The first-order valence-corrected chi connectivity index (χ1v) is 7.59. The van der Waals surface area contributed by atoms with Crippen LogP contribution in [0.2, 0.25) is 5.02 Å². The molecule has 0 atom stereocenters. The molecule has 0 spiro atoms. The number of hydrogen-bond acceptors (Lipinski definition) is 2. The molecule has 1 saturated heterocycles. The van der Waals surface area contributed by atoms with Gasteiger partial charge in [0.2, 0.25) is 0 Å². The average Bonchev–Trinajstić information content (AvgIpc) is 2.49. The Morgan fingerprint density at radius 3 is 2.48 bits per heavy atom. The number of rotatable bonds is 3. The molecule has 0 amide bonds. The van der Waals surface area contributed by atoms with Crippen molar-refractivity contribution in [3.63, 3.8) is 0 Å². The minimum atomic E-state index is 0. The van der Waals surface area contributed by atoms with Crippen molar-refractivity contribution in [3.8, 4) is 0 Å². The van der Waals surface area contributed by atoms with Crippen LogP contribution in [0.3, 0.4) is 0 Å². The highest BCUT2D eigenvalue weighted by atomic mass is 127. The number of hydrogen-bond donors (Lipinski definition) is 1. The van der Waals surface area contributed by atoms with Crippen LogP contribution in [-0.2, 0) is 0 Å². The van der Waals surface area contributed by atoms with Gasteiger partial charge in [0.05, 0.1) is 10.7 Å². The van der Waals surface area contributed by atoms with Gasteiger partial charge in [0.15, 0.2) is 5.96 Å². The van der Waals surface area contributed by atoms with Crippen LogP contribution >= 0.6 is 35.6 Å². The van der Waals surface area contributed by atoms with Gasteiger partial charge in [0.1, 0.15) is 0 Å². The third kappa shape index (κ3) is 4.92. The Hall–Kier alpha value is -0.690. The number of piperazine rings is 1. The predicted octanol–water partition coefficient (Wildman–Crippen LogP) is 3.07. The fourth-order valence-electron chi connectivity index (χ4n) is 2.44. The molecular weight excluding hydrogens is 399 g/mol. The summed E-state index contributed by atoms with van der Waals surface area (Å²) < 4.78 is 0. The van der Waals surface area contributed by atoms with Gasteiger partial charge < -0.3 is 15.1 Å². The average molecular weight is 423 g/mol. The lowest BCUT2D eigenvalue weighted by molar-refractivity contribution is 0.373. The first-order chi connectivity index (χ1) is 9.76. The summed E-state index contributed by atoms with van der Waals surface area (Å²) >= 11 is 6.26. The van der Waals surface area contributed by atoms with E-state index in [4.69, 9.17) is 11.6 Å². The first-order valence-electron chi connectivity index (χ1n) is 7.21. The number of halogens is 2. The molecule has 118 valence electrons. The van der Waals surface area contributed by atoms with Crippen molar-refractivity contribution in [1.82, 2.24) is 10.2 Å². The van der Waals surface area contributed by atoms with Gasteiger partial charge >= 0.3 is 0 Å². The van der Waals surface area contributed by atoms with E-state index in [2.05, 4.69) is 33.1 Å². The maximum absolute atomic E-state index is 6.26. The second kappa shape index (κ2) is 9.35. The van der Waals surface area contributed by atoms with Crippen LogP contribution in [0.15, 0.2) is 29.3 Å². The molecule has 2 rings (SSSR count). The number of benzene rings is 1. The Labute approximate surface area is 149 Å². The van der Waals surface area contributed by atoms with Gasteiger partial charge in [-0.2, -0.15) is 0 Å². The summed E-state index contributed by atoms with van der Waals surface area (Å²) in [5.74, 6) is 1.01. The lowest BCUT2D eigenvalue weighted by atomic mass is 10.2. The zero-order valence-corrected chi connectivity index (χ0v) is 15.8. The predicted molar refractivity (Wildman–Crippen MR) is 102 cm³/mol. The Morgan fingerprint density at radius 2 is 1.90 bits per heavy atom. The summed E-state index contributed by atoms with van der Waals surface area (Å²) in [6.45, 7) is 7.00. The Bertz CT molecular complexity index is 459. The van der Waals surface area contributed by atoms with Crippen molar-refractivity contribution >= 4 is 47.2 Å². The third-order valence-corrected chi connectivity index (χ3v) is 3.84. The highest BCUT2D eigenvalue weighted by Crippen LogP contribution is 2.25. The SMILES string of the molecule is CCCNC(=NC)N1CCN(c2ccccc2Cl)CC1.I. The molecule has 0 aromatic heterocycles. The summed E-state index contributed by atoms with van der Waals surface area (Å²) in [5, 5.41) is 4.21. The number of nitrogens with zero attached hydrogens (tertiary/aromatic N) is 3. The highest BCUT2D eigenvalue weighted by Gasteiger charge is 2.20. The van der Waals surface area contributed by atoms with Gasteiger partial charge in [-0.15, -0.1) is 24.0 Å². The van der Waals surface area contributed by atoms with Crippen LogP contribution in [0.1, 0.15) is 13.3 Å². The van der Waals surface area contributed by atoms with Crippen molar-refractivity contribution in [2.24, 2.45) is 4.99 Å². The molecule has 1 N–H and O–H groups in total. The van der Waals surface area contributed by atoms with E-state index in [0.717, 1.165) is 55.8 Å². The normalized spacial score (nSPS) is 15.7. The van der Waals surface area contributed by atoms with E-state index in [9.17, 15) is 0 Å². The summed E-state index contributed by atoms with van der Waals surface area (Å²) in [5.41, 5.74) is 1.13. The fourth-order valence-corrected chi connectivity index (χ4v) is 2.69. The van der Waals surface area contributed by atoms with E-state index in [1.165, 1.54) is 0 Å².